The lowest BCUT2D eigenvalue weighted by atomic mass is 10.0. The van der Waals surface area contributed by atoms with Gasteiger partial charge in [0.1, 0.15) is 12.3 Å². The Morgan fingerprint density at radius 1 is 1.23 bits per heavy atom. The Labute approximate surface area is 183 Å². The molecule has 0 atom stereocenters. The summed E-state index contributed by atoms with van der Waals surface area (Å²) in [5.74, 6) is 1.90. The quantitative estimate of drug-likeness (QED) is 0.557. The van der Waals surface area contributed by atoms with Crippen LogP contribution < -0.4 is 10.1 Å². The van der Waals surface area contributed by atoms with E-state index in [0.29, 0.717) is 37.9 Å². The monoisotopic (exact) mass is 428 g/mol. The first-order chi connectivity index (χ1) is 15.1. The molecule has 2 heterocycles. The number of aliphatic imine (C=N–C) groups is 1. The molecule has 4 rings (SSSR count). The van der Waals surface area contributed by atoms with Crippen LogP contribution in [0.15, 0.2) is 23.2 Å². The van der Waals surface area contributed by atoms with Crippen LogP contribution in [0, 0.1) is 5.92 Å². The van der Waals surface area contributed by atoms with Crippen molar-refractivity contribution in [3.05, 3.63) is 23.8 Å². The molecule has 3 aliphatic rings. The topological polar surface area (TPSA) is 94.5 Å². The number of amides is 2. The van der Waals surface area contributed by atoms with Gasteiger partial charge in [-0.25, -0.2) is 4.99 Å². The zero-order chi connectivity index (χ0) is 21.6. The Balaban J connectivity index is 1.26. The summed E-state index contributed by atoms with van der Waals surface area (Å²) in [6.07, 6.45) is 8.76. The molecule has 8 nitrogen and oxygen atoms in total. The number of hydrogen-bond acceptors (Lipinski definition) is 6. The third kappa shape index (κ3) is 5.55. The Bertz CT molecular complexity index is 835. The second kappa shape index (κ2) is 10.1. The number of aliphatic hydroxyl groups excluding tert-OH is 1. The summed E-state index contributed by atoms with van der Waals surface area (Å²) >= 11 is 0. The Kier molecular flexibility index (Phi) is 7.06. The standard InChI is InChI=1S/C23H32N4O4/c28-12-11-26(10-4-3-7-17-5-1-2-6-17)22(30)16-31-19-8-9-20-18(13-19)14-27-15-21(29)25-23(27)24-20/h8-9,13,17,28H,1-7,10-12,14-16H2,(H,24,25,29). The maximum atomic E-state index is 12.6. The lowest BCUT2D eigenvalue weighted by Gasteiger charge is -2.24. The molecule has 0 spiro atoms. The van der Waals surface area contributed by atoms with E-state index in [4.69, 9.17) is 4.74 Å². The van der Waals surface area contributed by atoms with E-state index >= 15 is 0 Å². The van der Waals surface area contributed by atoms with Crippen molar-refractivity contribution in [1.29, 1.82) is 0 Å². The van der Waals surface area contributed by atoms with Gasteiger partial charge < -0.3 is 19.6 Å². The molecule has 1 saturated carbocycles. The number of rotatable bonds is 10. The lowest BCUT2D eigenvalue weighted by Crippen LogP contribution is -2.37. The molecule has 2 fully saturated rings. The van der Waals surface area contributed by atoms with Gasteiger partial charge in [0.05, 0.1) is 12.3 Å². The first-order valence-corrected chi connectivity index (χ1v) is 11.4. The Hall–Kier alpha value is -2.61. The number of unbranched alkanes of at least 4 members (excludes halogenated alkanes) is 1. The number of hydrogen-bond donors (Lipinski definition) is 2. The van der Waals surface area contributed by atoms with E-state index in [2.05, 4.69) is 10.3 Å². The van der Waals surface area contributed by atoms with Crippen LogP contribution in [0.4, 0.5) is 5.69 Å². The molecule has 1 aromatic rings. The van der Waals surface area contributed by atoms with Crippen molar-refractivity contribution in [2.45, 2.75) is 51.5 Å². The van der Waals surface area contributed by atoms with Crippen molar-refractivity contribution in [3.63, 3.8) is 0 Å². The molecule has 168 valence electrons. The molecule has 2 N–H and O–H groups in total. The van der Waals surface area contributed by atoms with Crippen LogP contribution in [0.1, 0.15) is 50.5 Å². The summed E-state index contributed by atoms with van der Waals surface area (Å²) in [5.41, 5.74) is 1.76. The van der Waals surface area contributed by atoms with Crippen molar-refractivity contribution in [1.82, 2.24) is 15.1 Å². The normalized spacial score (nSPS) is 17.8. The smallest absolute Gasteiger partial charge is 0.260 e. The molecule has 2 amide bonds. The van der Waals surface area contributed by atoms with Crippen LogP contribution in [-0.4, -0.2) is 65.5 Å². The summed E-state index contributed by atoms with van der Waals surface area (Å²) in [4.78, 5) is 32.3. The average Bonchev–Trinajstić information content (AvgIpc) is 3.40. The number of nitrogens with zero attached hydrogens (tertiary/aromatic N) is 3. The van der Waals surface area contributed by atoms with Gasteiger partial charge >= 0.3 is 0 Å². The zero-order valence-electron chi connectivity index (χ0n) is 18.0. The fourth-order valence-corrected chi connectivity index (χ4v) is 4.68. The van der Waals surface area contributed by atoms with E-state index in [0.717, 1.165) is 30.0 Å². The zero-order valence-corrected chi connectivity index (χ0v) is 18.0. The van der Waals surface area contributed by atoms with Crippen LogP contribution in [-0.2, 0) is 16.1 Å². The van der Waals surface area contributed by atoms with Gasteiger partial charge in [0.15, 0.2) is 6.61 Å². The lowest BCUT2D eigenvalue weighted by molar-refractivity contribution is -0.134. The minimum atomic E-state index is -0.109. The van der Waals surface area contributed by atoms with Crippen LogP contribution in [0.5, 0.6) is 5.75 Å². The predicted molar refractivity (Wildman–Crippen MR) is 117 cm³/mol. The van der Waals surface area contributed by atoms with Crippen LogP contribution in [0.2, 0.25) is 0 Å². The van der Waals surface area contributed by atoms with E-state index in [1.807, 2.05) is 17.0 Å². The number of carbonyl (C=O) groups is 2. The molecule has 0 aromatic heterocycles. The van der Waals surface area contributed by atoms with Gasteiger partial charge in [-0.1, -0.05) is 38.5 Å². The van der Waals surface area contributed by atoms with Crippen molar-refractivity contribution < 1.29 is 19.4 Å². The minimum Gasteiger partial charge on any atom is -0.484 e. The highest BCUT2D eigenvalue weighted by Gasteiger charge is 2.29. The third-order valence-electron chi connectivity index (χ3n) is 6.37. The van der Waals surface area contributed by atoms with E-state index in [9.17, 15) is 14.7 Å². The number of aliphatic hydroxyl groups is 1. The number of benzene rings is 1. The molecule has 8 heteroatoms. The molecule has 1 saturated heterocycles. The average molecular weight is 429 g/mol. The SMILES string of the molecule is O=C1CN2Cc3cc(OCC(=O)N(CCO)CCCCC4CCCC4)ccc3N=C2N1. The molecule has 31 heavy (non-hydrogen) atoms. The number of carbonyl (C=O) groups excluding carboxylic acids is 2. The fraction of sp³-hybridized carbons (Fsp3) is 0.609. The molecule has 2 aliphatic heterocycles. The summed E-state index contributed by atoms with van der Waals surface area (Å²) in [5, 5.41) is 12.1. The molecule has 1 aliphatic carbocycles. The third-order valence-corrected chi connectivity index (χ3v) is 6.37. The van der Waals surface area contributed by atoms with Gasteiger partial charge in [0.2, 0.25) is 11.9 Å². The van der Waals surface area contributed by atoms with Gasteiger partial charge in [-0.05, 0) is 30.5 Å². The predicted octanol–water partition coefficient (Wildman–Crippen LogP) is 2.18. The van der Waals surface area contributed by atoms with Crippen molar-refractivity contribution >= 4 is 23.5 Å². The highest BCUT2D eigenvalue weighted by Crippen LogP contribution is 2.31. The van der Waals surface area contributed by atoms with Crippen molar-refractivity contribution in [2.75, 3.05) is 32.8 Å². The van der Waals surface area contributed by atoms with Crippen molar-refractivity contribution in [3.8, 4) is 5.75 Å². The maximum Gasteiger partial charge on any atom is 0.260 e. The largest absolute Gasteiger partial charge is 0.484 e. The first-order valence-electron chi connectivity index (χ1n) is 11.4. The second-order valence-corrected chi connectivity index (χ2v) is 8.67. The molecule has 1 aromatic carbocycles. The van der Waals surface area contributed by atoms with Crippen LogP contribution >= 0.6 is 0 Å². The second-order valence-electron chi connectivity index (χ2n) is 8.67. The summed E-state index contributed by atoms with van der Waals surface area (Å²) in [7, 11) is 0. The van der Waals surface area contributed by atoms with Crippen LogP contribution in [0.3, 0.4) is 0 Å². The number of guanidine groups is 1. The molecule has 0 unspecified atom stereocenters. The first kappa shape index (κ1) is 21.6. The van der Waals surface area contributed by atoms with E-state index in [1.165, 1.54) is 32.1 Å². The van der Waals surface area contributed by atoms with Gasteiger partial charge in [-0.3, -0.25) is 14.9 Å². The number of fused-ring (bicyclic) bond motifs is 2. The van der Waals surface area contributed by atoms with E-state index < -0.39 is 0 Å². The van der Waals surface area contributed by atoms with Gasteiger partial charge in [0, 0.05) is 25.2 Å². The number of ether oxygens (including phenoxy) is 1. The summed E-state index contributed by atoms with van der Waals surface area (Å²) in [6.45, 7) is 1.78. The molecule has 0 radical (unpaired) electrons. The van der Waals surface area contributed by atoms with Crippen molar-refractivity contribution in [2.24, 2.45) is 10.9 Å². The highest BCUT2D eigenvalue weighted by molar-refractivity contribution is 6.05. The van der Waals surface area contributed by atoms with Gasteiger partial charge in [-0.15, -0.1) is 0 Å². The molecule has 0 bridgehead atoms. The highest BCUT2D eigenvalue weighted by atomic mass is 16.5. The van der Waals surface area contributed by atoms with Gasteiger partial charge in [0.25, 0.3) is 5.91 Å². The fourth-order valence-electron chi connectivity index (χ4n) is 4.68. The Morgan fingerprint density at radius 2 is 2.06 bits per heavy atom. The molecular weight excluding hydrogens is 396 g/mol. The number of nitrogens with one attached hydrogen (secondary N) is 1. The summed E-state index contributed by atoms with van der Waals surface area (Å²) in [6, 6.07) is 5.52. The summed E-state index contributed by atoms with van der Waals surface area (Å²) < 4.78 is 5.76. The van der Waals surface area contributed by atoms with E-state index in [1.54, 1.807) is 11.0 Å². The Morgan fingerprint density at radius 3 is 2.87 bits per heavy atom. The van der Waals surface area contributed by atoms with E-state index in [-0.39, 0.29) is 25.0 Å². The molecular formula is C23H32N4O4. The van der Waals surface area contributed by atoms with Gasteiger partial charge in [-0.2, -0.15) is 0 Å². The maximum absolute atomic E-state index is 12.6. The van der Waals surface area contributed by atoms with Crippen LogP contribution in [0.25, 0.3) is 0 Å². The minimum absolute atomic E-state index is 0.0455.